The molecule has 12 heteroatoms. The van der Waals surface area contributed by atoms with Crippen LogP contribution in [0.4, 0.5) is 17.2 Å². The molecule has 0 spiro atoms. The Bertz CT molecular complexity index is 1620. The first-order chi connectivity index (χ1) is 21.7. The normalized spacial score (nSPS) is 18.6. The number of phenols is 1. The maximum atomic E-state index is 14.0. The van der Waals surface area contributed by atoms with Crippen molar-refractivity contribution >= 4 is 39.8 Å². The van der Waals surface area contributed by atoms with Crippen LogP contribution in [0.3, 0.4) is 0 Å². The molecule has 45 heavy (non-hydrogen) atoms. The zero-order valence-corrected chi connectivity index (χ0v) is 26.0. The number of nitriles is 1. The van der Waals surface area contributed by atoms with E-state index in [1.165, 1.54) is 12.1 Å². The lowest BCUT2D eigenvalue weighted by Gasteiger charge is -2.41. The minimum atomic E-state index is -0.512. The van der Waals surface area contributed by atoms with Crippen LogP contribution in [-0.2, 0) is 4.79 Å². The Hall–Kier alpha value is -4.89. The van der Waals surface area contributed by atoms with Crippen molar-refractivity contribution in [3.63, 3.8) is 0 Å². The second-order valence-corrected chi connectivity index (χ2v) is 11.6. The van der Waals surface area contributed by atoms with E-state index in [4.69, 9.17) is 9.72 Å². The number of hydrogen-bond acceptors (Lipinski definition) is 10. The molecule has 3 aromatic rings. The van der Waals surface area contributed by atoms with Crippen LogP contribution in [0.1, 0.15) is 43.6 Å². The second-order valence-electron chi connectivity index (χ2n) is 11.6. The van der Waals surface area contributed by atoms with Gasteiger partial charge >= 0.3 is 6.01 Å². The molecule has 2 amide bonds. The molecule has 0 unspecified atom stereocenters. The summed E-state index contributed by atoms with van der Waals surface area (Å²) in [4.78, 5) is 41.9. The number of fused-ring (bicyclic) bond motifs is 1. The lowest BCUT2D eigenvalue weighted by atomic mass is 10.1. The molecule has 2 aliphatic heterocycles. The van der Waals surface area contributed by atoms with Gasteiger partial charge in [0.1, 0.15) is 18.0 Å². The predicted octanol–water partition coefficient (Wildman–Crippen LogP) is 4.00. The maximum Gasteiger partial charge on any atom is 0.319 e. The first-order valence-corrected chi connectivity index (χ1v) is 15.3. The third-order valence-electron chi connectivity index (χ3n) is 8.49. The molecule has 2 aliphatic rings. The van der Waals surface area contributed by atoms with E-state index < -0.39 is 11.9 Å². The Labute approximate surface area is 263 Å². The Kier molecular flexibility index (Phi) is 9.68. The summed E-state index contributed by atoms with van der Waals surface area (Å²) >= 11 is 0. The standard InChI is InChI=1S/C33H40N8O4/c1-5-28(43)41-16-15-39(19-23(41)12-13-34)31-29(35-4)30(37-33(38-31)45-20-24-10-8-14-40(24)21(2)3)32(44)36-27-18-25(42)17-22-9-6-7-11-26(22)27/h5-7,9,11,17-18,21,23-24,35,42H,1,8,10,12,14-16,19-20H2,2-4H3,(H,36,44)/t23-,24-/m0/s1. The summed E-state index contributed by atoms with van der Waals surface area (Å²) in [6.45, 7) is 10.4. The smallest absolute Gasteiger partial charge is 0.319 e. The third kappa shape index (κ3) is 6.78. The maximum absolute atomic E-state index is 14.0. The van der Waals surface area contributed by atoms with Crippen LogP contribution >= 0.6 is 0 Å². The van der Waals surface area contributed by atoms with Crippen molar-refractivity contribution in [2.75, 3.05) is 55.4 Å². The molecule has 2 saturated heterocycles. The number of hydrogen-bond donors (Lipinski definition) is 3. The average molecular weight is 613 g/mol. The van der Waals surface area contributed by atoms with E-state index >= 15 is 0 Å². The highest BCUT2D eigenvalue weighted by atomic mass is 16.5. The number of likely N-dealkylation sites (tertiary alicyclic amines) is 1. The van der Waals surface area contributed by atoms with Crippen LogP contribution in [-0.4, -0.2) is 94.6 Å². The topological polar surface area (TPSA) is 147 Å². The molecular weight excluding hydrogens is 572 g/mol. The molecule has 0 radical (unpaired) electrons. The average Bonchev–Trinajstić information content (AvgIpc) is 3.52. The third-order valence-corrected chi connectivity index (χ3v) is 8.49. The van der Waals surface area contributed by atoms with Gasteiger partial charge in [0.05, 0.1) is 24.2 Å². The van der Waals surface area contributed by atoms with Gasteiger partial charge < -0.3 is 30.3 Å². The zero-order chi connectivity index (χ0) is 32.1. The molecule has 5 rings (SSSR count). The molecule has 2 aromatic carbocycles. The van der Waals surface area contributed by atoms with Crippen molar-refractivity contribution in [3.8, 4) is 17.8 Å². The van der Waals surface area contributed by atoms with E-state index in [2.05, 4.69) is 47.0 Å². The van der Waals surface area contributed by atoms with Crippen LogP contribution < -0.4 is 20.3 Å². The van der Waals surface area contributed by atoms with Crippen molar-refractivity contribution in [1.82, 2.24) is 19.8 Å². The number of aromatic nitrogens is 2. The monoisotopic (exact) mass is 612 g/mol. The lowest BCUT2D eigenvalue weighted by molar-refractivity contribution is -0.128. The number of benzene rings is 2. The van der Waals surface area contributed by atoms with Gasteiger partial charge in [-0.2, -0.15) is 15.2 Å². The molecule has 0 bridgehead atoms. The molecule has 1 aromatic heterocycles. The molecule has 236 valence electrons. The summed E-state index contributed by atoms with van der Waals surface area (Å²) in [5.74, 6) is -0.288. The summed E-state index contributed by atoms with van der Waals surface area (Å²) in [5, 5.41) is 27.5. The Morgan fingerprint density at radius 2 is 2.00 bits per heavy atom. The SMILES string of the molecule is C=CC(=O)N1CCN(c2nc(OC[C@@H]3CCCN3C(C)C)nc(C(=O)Nc3cc(O)cc4ccccc34)c2NC)C[C@@H]1CC#N. The Morgan fingerprint density at radius 3 is 2.73 bits per heavy atom. The number of anilines is 3. The van der Waals surface area contributed by atoms with E-state index in [1.807, 2.05) is 29.2 Å². The van der Waals surface area contributed by atoms with Gasteiger partial charge in [0, 0.05) is 50.2 Å². The number of ether oxygens (including phenoxy) is 1. The van der Waals surface area contributed by atoms with E-state index in [1.54, 1.807) is 18.0 Å². The molecule has 2 atom stereocenters. The van der Waals surface area contributed by atoms with Gasteiger partial charge in [0.25, 0.3) is 5.91 Å². The van der Waals surface area contributed by atoms with Crippen LogP contribution in [0.25, 0.3) is 10.8 Å². The number of nitrogens with one attached hydrogen (secondary N) is 2. The quantitative estimate of drug-likeness (QED) is 0.287. The van der Waals surface area contributed by atoms with Crippen molar-refractivity contribution in [2.45, 2.75) is 51.2 Å². The highest BCUT2D eigenvalue weighted by Crippen LogP contribution is 2.34. The van der Waals surface area contributed by atoms with Gasteiger partial charge in [-0.25, -0.2) is 0 Å². The summed E-state index contributed by atoms with van der Waals surface area (Å²) in [5.41, 5.74) is 0.885. The molecule has 2 fully saturated rings. The number of carbonyl (C=O) groups is 2. The van der Waals surface area contributed by atoms with Gasteiger partial charge in [-0.3, -0.25) is 14.5 Å². The van der Waals surface area contributed by atoms with Crippen molar-refractivity contribution < 1.29 is 19.4 Å². The van der Waals surface area contributed by atoms with Gasteiger partial charge in [0.15, 0.2) is 11.5 Å². The number of piperazine rings is 1. The molecule has 0 saturated carbocycles. The van der Waals surface area contributed by atoms with E-state index in [-0.39, 0.29) is 35.8 Å². The van der Waals surface area contributed by atoms with E-state index in [9.17, 15) is 20.0 Å². The molecule has 3 N–H and O–H groups in total. The van der Waals surface area contributed by atoms with Gasteiger partial charge in [-0.1, -0.05) is 30.8 Å². The number of carbonyl (C=O) groups excluding carboxylic acids is 2. The van der Waals surface area contributed by atoms with Crippen LogP contribution in [0.15, 0.2) is 49.1 Å². The number of rotatable bonds is 10. The molecular formula is C33H40N8O4. The van der Waals surface area contributed by atoms with Crippen LogP contribution in [0.2, 0.25) is 0 Å². The van der Waals surface area contributed by atoms with Gasteiger partial charge in [-0.15, -0.1) is 0 Å². The molecule has 0 aliphatic carbocycles. The minimum absolute atomic E-state index is 0.0204. The number of aromatic hydroxyl groups is 1. The second kappa shape index (κ2) is 13.8. The van der Waals surface area contributed by atoms with Crippen molar-refractivity contribution in [2.24, 2.45) is 0 Å². The summed E-state index contributed by atoms with van der Waals surface area (Å²) in [6.07, 6.45) is 3.46. The largest absolute Gasteiger partial charge is 0.508 e. The van der Waals surface area contributed by atoms with Gasteiger partial charge in [-0.05, 0) is 50.8 Å². The van der Waals surface area contributed by atoms with Crippen LogP contribution in [0.5, 0.6) is 11.8 Å². The Balaban J connectivity index is 1.52. The number of nitrogens with zero attached hydrogens (tertiary/aromatic N) is 6. The first-order valence-electron chi connectivity index (χ1n) is 15.3. The number of amides is 2. The highest BCUT2D eigenvalue weighted by Gasteiger charge is 2.33. The fourth-order valence-electron chi connectivity index (χ4n) is 6.32. The zero-order valence-electron chi connectivity index (χ0n) is 26.0. The molecule has 3 heterocycles. The van der Waals surface area contributed by atoms with Crippen LogP contribution in [0, 0.1) is 11.3 Å². The summed E-state index contributed by atoms with van der Waals surface area (Å²) in [6, 6.07) is 13.0. The fraction of sp³-hybridized carbons (Fsp3) is 0.424. The van der Waals surface area contributed by atoms with E-state index in [0.29, 0.717) is 49.5 Å². The van der Waals surface area contributed by atoms with E-state index in [0.717, 1.165) is 30.2 Å². The Morgan fingerprint density at radius 1 is 1.20 bits per heavy atom. The highest BCUT2D eigenvalue weighted by molar-refractivity contribution is 6.12. The first kappa shape index (κ1) is 31.5. The molecule has 12 nitrogen and oxygen atoms in total. The van der Waals surface area contributed by atoms with Crippen molar-refractivity contribution in [1.29, 1.82) is 5.26 Å². The fourth-order valence-corrected chi connectivity index (χ4v) is 6.32. The minimum Gasteiger partial charge on any atom is -0.508 e. The van der Waals surface area contributed by atoms with Crippen molar-refractivity contribution in [3.05, 3.63) is 54.7 Å². The summed E-state index contributed by atoms with van der Waals surface area (Å²) in [7, 11) is 1.69. The lowest BCUT2D eigenvalue weighted by Crippen LogP contribution is -2.55. The summed E-state index contributed by atoms with van der Waals surface area (Å²) < 4.78 is 6.21. The van der Waals surface area contributed by atoms with Gasteiger partial charge in [0.2, 0.25) is 5.91 Å². The predicted molar refractivity (Wildman–Crippen MR) is 174 cm³/mol. The number of phenolic OH excluding ortho intramolecular Hbond substituents is 1.